The van der Waals surface area contributed by atoms with Crippen LogP contribution in [-0.4, -0.2) is 0 Å². The van der Waals surface area contributed by atoms with Crippen molar-refractivity contribution in [3.8, 4) is 22.4 Å². The first-order valence-electron chi connectivity index (χ1n) is 22.6. The molecule has 0 amide bonds. The number of benzene rings is 3. The zero-order valence-electron chi connectivity index (χ0n) is 42.1. The molecule has 194 valence electrons. The van der Waals surface area contributed by atoms with Crippen LogP contribution in [0.4, 0.5) is 0 Å². The average molecular weight is 524 g/mol. The molecule has 0 spiro atoms. The Balaban J connectivity index is 1.83. The van der Waals surface area contributed by atoms with E-state index in [0.717, 1.165) is 19.2 Å². The smallest absolute Gasteiger partial charge is 0.216 e. The first kappa shape index (κ1) is 10.6. The van der Waals surface area contributed by atoms with Crippen molar-refractivity contribution in [2.45, 2.75) is 66.3 Å². The standard InChI is InChI=1S/C36H40NO/c1-20(2)28-18-31(37(9)19-24(28)8)32-23(7)14-15-25-26-16-17-30-33(35(26)38-34(25)32)27-12-10-11-13-29(27)36(30,21(3)4)22(5)6/h10-22H,1-9H3/q+1/i1D3,2D3,3D3,4D3,5D3,8D3,20D,21D,22D. The topological polar surface area (TPSA) is 17.0 Å². The van der Waals surface area contributed by atoms with E-state index in [2.05, 4.69) is 0 Å². The Labute approximate surface area is 256 Å². The lowest BCUT2D eigenvalue weighted by Gasteiger charge is -2.40. The highest BCUT2D eigenvalue weighted by atomic mass is 16.3. The third-order valence-corrected chi connectivity index (χ3v) is 7.76. The monoisotopic (exact) mass is 523 g/mol. The highest BCUT2D eigenvalue weighted by Crippen LogP contribution is 2.58. The van der Waals surface area contributed by atoms with Crippen molar-refractivity contribution in [2.75, 3.05) is 0 Å². The van der Waals surface area contributed by atoms with Gasteiger partial charge in [0.25, 0.3) is 0 Å². The Bertz CT molecular complexity index is 2480. The fourth-order valence-electron chi connectivity index (χ4n) is 6.04. The molecule has 2 unspecified atom stereocenters. The van der Waals surface area contributed by atoms with Crippen molar-refractivity contribution in [2.24, 2.45) is 18.8 Å². The molecule has 2 aromatic heterocycles. The molecule has 0 saturated heterocycles. The number of fused-ring (bicyclic) bond motifs is 7. The molecule has 0 aliphatic heterocycles. The van der Waals surface area contributed by atoms with E-state index in [0.29, 0.717) is 16.3 Å². The summed E-state index contributed by atoms with van der Waals surface area (Å²) >= 11 is 0. The third kappa shape index (κ3) is 3.16. The lowest BCUT2D eigenvalue weighted by atomic mass is 9.63. The lowest BCUT2D eigenvalue weighted by Crippen LogP contribution is -2.37. The summed E-state index contributed by atoms with van der Waals surface area (Å²) < 4.78 is 187. The fraction of sp³-hybridized carbons (Fsp3) is 0.361. The van der Waals surface area contributed by atoms with Gasteiger partial charge in [0.15, 0.2) is 6.20 Å². The molecule has 2 atom stereocenters. The summed E-state index contributed by atoms with van der Waals surface area (Å²) in [6.07, 6.45) is 1.04. The van der Waals surface area contributed by atoms with Crippen molar-refractivity contribution in [3.63, 3.8) is 0 Å². The van der Waals surface area contributed by atoms with Crippen LogP contribution in [-0.2, 0) is 12.5 Å². The van der Waals surface area contributed by atoms with E-state index >= 15 is 0 Å². The fourth-order valence-corrected chi connectivity index (χ4v) is 6.04. The van der Waals surface area contributed by atoms with Crippen molar-refractivity contribution in [1.82, 2.24) is 0 Å². The summed E-state index contributed by atoms with van der Waals surface area (Å²) in [5, 5.41) is 0.711. The number of furan rings is 1. The van der Waals surface area contributed by atoms with Gasteiger partial charge in [0.2, 0.25) is 5.69 Å². The molecule has 6 rings (SSSR count). The van der Waals surface area contributed by atoms with Crippen LogP contribution >= 0.6 is 0 Å². The summed E-state index contributed by atoms with van der Waals surface area (Å²) in [5.41, 5.74) is -3.92. The van der Waals surface area contributed by atoms with E-state index in [-0.39, 0.29) is 44.7 Å². The van der Waals surface area contributed by atoms with Crippen LogP contribution in [0.5, 0.6) is 0 Å². The van der Waals surface area contributed by atoms with E-state index < -0.39 is 75.3 Å². The molecule has 38 heavy (non-hydrogen) atoms. The van der Waals surface area contributed by atoms with E-state index in [1.165, 1.54) is 41.9 Å². The second-order valence-corrected chi connectivity index (χ2v) is 9.87. The Kier molecular flexibility index (Phi) is 2.40. The minimum absolute atomic E-state index is 0.0136. The number of aryl methyl sites for hydroxylation is 3. The lowest BCUT2D eigenvalue weighted by molar-refractivity contribution is -0.660. The maximum Gasteiger partial charge on any atom is 0.216 e. The van der Waals surface area contributed by atoms with E-state index in [9.17, 15) is 2.74 Å². The Hall–Kier alpha value is -3.39. The molecule has 2 nitrogen and oxygen atoms in total. The van der Waals surface area contributed by atoms with E-state index in [1.807, 2.05) is 0 Å². The molecule has 1 aliphatic carbocycles. The van der Waals surface area contributed by atoms with Gasteiger partial charge in [-0.05, 0) is 59.3 Å². The van der Waals surface area contributed by atoms with Crippen LogP contribution in [0.1, 0.15) is 104 Å². The van der Waals surface area contributed by atoms with Crippen LogP contribution in [0.25, 0.3) is 44.3 Å². The molecular formula is C36H40NO+. The summed E-state index contributed by atoms with van der Waals surface area (Å²) in [4.78, 5) is 0. The van der Waals surface area contributed by atoms with Crippen LogP contribution in [0, 0.1) is 25.6 Å². The first-order valence-corrected chi connectivity index (χ1v) is 12.1. The SMILES string of the molecule is [2H]C([2H])([2H])c1c[n+](C)c(-c2c(C)ccc3c2oc2c4c(ccc23)C(C([2H])(C)C([2H])([2H])[2H])(C([2H])(C([2H])([2H])[2H])C([2H])([2H])[2H])c2ccccc2-4)cc1C([2H])(C([2H])([2H])[2H])C([2H])([2H])[2H]. The van der Waals surface area contributed by atoms with Gasteiger partial charge in [0.1, 0.15) is 18.2 Å². The highest BCUT2D eigenvalue weighted by Gasteiger charge is 2.48. The molecule has 0 radical (unpaired) electrons. The van der Waals surface area contributed by atoms with Gasteiger partial charge in [0.05, 0.1) is 5.56 Å². The zero-order chi connectivity index (χ0) is 44.9. The van der Waals surface area contributed by atoms with Crippen LogP contribution in [0.2, 0.25) is 0 Å². The van der Waals surface area contributed by atoms with Gasteiger partial charge < -0.3 is 4.42 Å². The van der Waals surface area contributed by atoms with Crippen molar-refractivity contribution in [3.05, 3.63) is 88.6 Å². The number of aromatic nitrogens is 1. The second-order valence-electron chi connectivity index (χ2n) is 9.87. The number of hydrogen-bond acceptors (Lipinski definition) is 1. The molecule has 5 aromatic rings. The molecular weight excluding hydrogens is 462 g/mol. The molecule has 0 N–H and O–H groups in total. The highest BCUT2D eigenvalue weighted by molar-refractivity contribution is 6.14. The molecule has 2 heteroatoms. The quantitative estimate of drug-likeness (QED) is 0.214. The zero-order valence-corrected chi connectivity index (χ0v) is 21.1. The Morgan fingerprint density at radius 2 is 1.58 bits per heavy atom. The van der Waals surface area contributed by atoms with Crippen molar-refractivity contribution < 1.29 is 37.8 Å². The number of nitrogens with zero attached hydrogens (tertiary/aromatic N) is 1. The van der Waals surface area contributed by atoms with Gasteiger partial charge in [0, 0.05) is 62.2 Å². The predicted octanol–water partition coefficient (Wildman–Crippen LogP) is 9.40. The normalized spacial score (nSPS) is 29.1. The van der Waals surface area contributed by atoms with Crippen LogP contribution in [0.3, 0.4) is 0 Å². The Morgan fingerprint density at radius 1 is 0.842 bits per heavy atom. The summed E-state index contributed by atoms with van der Waals surface area (Å²) in [6.45, 7) is -18.4. The van der Waals surface area contributed by atoms with Crippen LogP contribution in [0.15, 0.2) is 65.2 Å². The van der Waals surface area contributed by atoms with Gasteiger partial charge in [-0.2, -0.15) is 0 Å². The van der Waals surface area contributed by atoms with Gasteiger partial charge >= 0.3 is 0 Å². The maximum absolute atomic E-state index is 9.64. The molecule has 0 saturated carbocycles. The summed E-state index contributed by atoms with van der Waals surface area (Å²) in [7, 11) is 1.44. The molecule has 0 bridgehead atoms. The minimum atomic E-state index is -3.71. The number of hydrogen-bond donors (Lipinski definition) is 0. The molecule has 1 aliphatic rings. The Morgan fingerprint density at radius 3 is 2.32 bits per heavy atom. The van der Waals surface area contributed by atoms with Crippen LogP contribution < -0.4 is 4.57 Å². The van der Waals surface area contributed by atoms with Crippen molar-refractivity contribution >= 4 is 21.9 Å². The number of rotatable bonds is 4. The largest absolute Gasteiger partial charge is 0.454 e. The average Bonchev–Trinajstić information content (AvgIpc) is 3.59. The van der Waals surface area contributed by atoms with Gasteiger partial charge in [-0.15, -0.1) is 0 Å². The van der Waals surface area contributed by atoms with Gasteiger partial charge in [-0.3, -0.25) is 0 Å². The third-order valence-electron chi connectivity index (χ3n) is 7.76. The summed E-state index contributed by atoms with van der Waals surface area (Å²) in [5.74, 6) is -10.1. The van der Waals surface area contributed by atoms with Crippen molar-refractivity contribution in [1.29, 1.82) is 0 Å². The number of pyridine rings is 1. The molecule has 2 heterocycles. The predicted molar refractivity (Wildman–Crippen MR) is 160 cm³/mol. The summed E-state index contributed by atoms with van der Waals surface area (Å²) in [6, 6.07) is 12.9. The van der Waals surface area contributed by atoms with E-state index in [4.69, 9.17) is 30.5 Å². The maximum atomic E-state index is 9.64. The molecule has 0 fully saturated rings. The van der Waals surface area contributed by atoms with E-state index in [1.54, 1.807) is 25.1 Å². The van der Waals surface area contributed by atoms with Gasteiger partial charge in [-0.1, -0.05) is 89.7 Å². The minimum Gasteiger partial charge on any atom is -0.454 e. The second kappa shape index (κ2) is 8.56. The van der Waals surface area contributed by atoms with Gasteiger partial charge in [-0.25, -0.2) is 4.57 Å². The molecule has 3 aromatic carbocycles. The first-order chi connectivity index (χ1) is 26.5.